The molecule has 0 radical (unpaired) electrons. The molecule has 0 spiro atoms. The number of carbonyl (C=O) groups is 1. The first-order valence-electron chi connectivity index (χ1n) is 18.7. The minimum atomic E-state index is -0.627. The summed E-state index contributed by atoms with van der Waals surface area (Å²) in [4.78, 5) is 11.7. The van der Waals surface area contributed by atoms with Gasteiger partial charge in [-0.3, -0.25) is 0 Å². The summed E-state index contributed by atoms with van der Waals surface area (Å²) in [5.74, 6) is -0.295. The highest BCUT2D eigenvalue weighted by Gasteiger charge is 2.36. The molecule has 3 aliphatic heterocycles. The van der Waals surface area contributed by atoms with Crippen molar-refractivity contribution in [1.29, 1.82) is 0 Å². The van der Waals surface area contributed by atoms with E-state index in [2.05, 4.69) is 6.92 Å². The number of aliphatic hydroxyl groups excluding tert-OH is 4. The average Bonchev–Trinajstić information content (AvgIpc) is 3.77. The minimum absolute atomic E-state index is 0.162. The largest absolute Gasteiger partial charge is 0.455 e. The Bertz CT molecular complexity index is 833. The Hall–Kier alpha value is -1.03. The first-order valence-corrected chi connectivity index (χ1v) is 18.7. The van der Waals surface area contributed by atoms with Gasteiger partial charge in [0.05, 0.1) is 48.8 Å². The van der Waals surface area contributed by atoms with Gasteiger partial charge >= 0.3 is 5.97 Å². The van der Waals surface area contributed by atoms with Crippen LogP contribution in [-0.2, 0) is 19.0 Å². The number of hydrogen-bond donors (Lipinski definition) is 4. The van der Waals surface area contributed by atoms with Crippen LogP contribution >= 0.6 is 0 Å². The van der Waals surface area contributed by atoms with Crippen LogP contribution in [0.25, 0.3) is 0 Å². The average molecular weight is 639 g/mol. The van der Waals surface area contributed by atoms with Gasteiger partial charge in [0.25, 0.3) is 0 Å². The lowest BCUT2D eigenvalue weighted by atomic mass is 9.98. The van der Waals surface area contributed by atoms with E-state index in [0.717, 1.165) is 83.5 Å². The maximum atomic E-state index is 11.7. The molecule has 3 rings (SSSR count). The van der Waals surface area contributed by atoms with Gasteiger partial charge in [-0.05, 0) is 70.8 Å². The highest BCUT2D eigenvalue weighted by molar-refractivity contribution is 5.90. The molecule has 0 unspecified atom stereocenters. The third-order valence-electron chi connectivity index (χ3n) is 10.1. The first kappa shape index (κ1) is 38.4. The van der Waals surface area contributed by atoms with Crippen LogP contribution in [0.4, 0.5) is 0 Å². The van der Waals surface area contributed by atoms with E-state index in [0.29, 0.717) is 31.3 Å². The maximum Gasteiger partial charge on any atom is 0.334 e. The van der Waals surface area contributed by atoms with E-state index in [4.69, 9.17) is 14.2 Å². The highest BCUT2D eigenvalue weighted by Crippen LogP contribution is 2.31. The molecule has 3 heterocycles. The summed E-state index contributed by atoms with van der Waals surface area (Å²) < 4.78 is 17.3. The van der Waals surface area contributed by atoms with E-state index in [9.17, 15) is 25.2 Å². The molecule has 0 saturated carbocycles. The quantitative estimate of drug-likeness (QED) is 0.0634. The molecular weight excluding hydrogens is 572 g/mol. The zero-order valence-corrected chi connectivity index (χ0v) is 28.5. The fourth-order valence-electron chi connectivity index (χ4n) is 7.29. The fraction of sp³-hybridized carbons (Fsp3) is 0.919. The lowest BCUT2D eigenvalue weighted by molar-refractivity contribution is -0.139. The standard InChI is InChI=1S/C37H66O8/c1-3-4-5-6-7-8-12-15-18-31(39)35-23-24-36(45-35)33(41)21-20-32(40)34-22-19-30(44-34)17-14-11-9-10-13-16-29(38)26-28-25-27(2)43-37(28)42/h25,27,29-36,38-41H,3-24,26H2,1-2H3/t27-,29+,30+,31+,32+,33-,34+,35+,36-/m1/s1. The molecule has 2 saturated heterocycles. The normalized spacial score (nSPS) is 27.8. The summed E-state index contributed by atoms with van der Waals surface area (Å²) in [6.45, 7) is 4.07. The summed E-state index contributed by atoms with van der Waals surface area (Å²) in [5, 5.41) is 42.4. The Balaban J connectivity index is 1.16. The van der Waals surface area contributed by atoms with Crippen molar-refractivity contribution < 1.29 is 39.4 Å². The molecule has 4 N–H and O–H groups in total. The predicted octanol–water partition coefficient (Wildman–Crippen LogP) is 6.83. The Morgan fingerprint density at radius 2 is 1.18 bits per heavy atom. The van der Waals surface area contributed by atoms with Gasteiger partial charge in [-0.15, -0.1) is 0 Å². The van der Waals surface area contributed by atoms with Crippen molar-refractivity contribution in [1.82, 2.24) is 0 Å². The SMILES string of the molecule is CCCCCCCCCC[C@H](O)[C@@H]1CC[C@H]([C@H](O)CC[C@H](O)[C@@H]2CC[C@H](CCCCCCC[C@H](O)CC3=C[C@@H](C)OC3=O)O2)O1. The topological polar surface area (TPSA) is 126 Å². The van der Waals surface area contributed by atoms with Crippen molar-refractivity contribution >= 4 is 5.97 Å². The smallest absolute Gasteiger partial charge is 0.334 e. The van der Waals surface area contributed by atoms with Crippen LogP contribution in [0.15, 0.2) is 11.6 Å². The first-order chi connectivity index (χ1) is 21.8. The molecule has 0 bridgehead atoms. The second kappa shape index (κ2) is 21.8. The van der Waals surface area contributed by atoms with Crippen molar-refractivity contribution in [3.8, 4) is 0 Å². The van der Waals surface area contributed by atoms with Crippen molar-refractivity contribution in [2.24, 2.45) is 0 Å². The van der Waals surface area contributed by atoms with Crippen molar-refractivity contribution in [2.45, 2.75) is 216 Å². The van der Waals surface area contributed by atoms with E-state index >= 15 is 0 Å². The predicted molar refractivity (Wildman–Crippen MR) is 177 cm³/mol. The van der Waals surface area contributed by atoms with Gasteiger partial charge < -0.3 is 34.6 Å². The Morgan fingerprint density at radius 1 is 0.667 bits per heavy atom. The zero-order chi connectivity index (χ0) is 32.4. The number of esters is 1. The lowest BCUT2D eigenvalue weighted by Crippen LogP contribution is -2.33. The Morgan fingerprint density at radius 3 is 1.78 bits per heavy atom. The van der Waals surface area contributed by atoms with Crippen LogP contribution in [0, 0.1) is 0 Å². The number of unbranched alkanes of at least 4 members (excludes halogenated alkanes) is 11. The summed E-state index contributed by atoms with van der Waals surface area (Å²) in [7, 11) is 0. The van der Waals surface area contributed by atoms with Gasteiger partial charge in [0.15, 0.2) is 0 Å². The highest BCUT2D eigenvalue weighted by atomic mass is 16.5. The van der Waals surface area contributed by atoms with Crippen LogP contribution < -0.4 is 0 Å². The number of rotatable bonds is 25. The second-order valence-corrected chi connectivity index (χ2v) is 14.2. The van der Waals surface area contributed by atoms with E-state index in [1.165, 1.54) is 38.5 Å². The summed E-state index contributed by atoms with van der Waals surface area (Å²) in [6.07, 6.45) is 21.6. The van der Waals surface area contributed by atoms with Gasteiger partial charge in [-0.25, -0.2) is 4.79 Å². The molecule has 0 aromatic heterocycles. The molecule has 8 heteroatoms. The van der Waals surface area contributed by atoms with Gasteiger partial charge in [0, 0.05) is 12.0 Å². The lowest BCUT2D eigenvalue weighted by Gasteiger charge is -2.24. The van der Waals surface area contributed by atoms with Crippen LogP contribution in [0.1, 0.15) is 162 Å². The molecule has 262 valence electrons. The monoisotopic (exact) mass is 638 g/mol. The summed E-state index contributed by atoms with van der Waals surface area (Å²) in [6, 6.07) is 0. The van der Waals surface area contributed by atoms with Crippen molar-refractivity contribution in [3.05, 3.63) is 11.6 Å². The number of hydrogen-bond acceptors (Lipinski definition) is 8. The van der Waals surface area contributed by atoms with Gasteiger partial charge in [0.2, 0.25) is 0 Å². The number of cyclic esters (lactones) is 1. The van der Waals surface area contributed by atoms with Crippen molar-refractivity contribution in [2.75, 3.05) is 0 Å². The molecule has 45 heavy (non-hydrogen) atoms. The minimum Gasteiger partial charge on any atom is -0.455 e. The maximum absolute atomic E-state index is 11.7. The third kappa shape index (κ3) is 14.7. The third-order valence-corrected chi connectivity index (χ3v) is 10.1. The molecule has 0 aromatic rings. The Kier molecular flexibility index (Phi) is 18.6. The summed E-state index contributed by atoms with van der Waals surface area (Å²) in [5.41, 5.74) is 0.600. The molecular formula is C37H66O8. The zero-order valence-electron chi connectivity index (χ0n) is 28.5. The molecule has 9 atom stereocenters. The van der Waals surface area contributed by atoms with E-state index in [-0.39, 0.29) is 36.5 Å². The number of aliphatic hydroxyl groups is 4. The van der Waals surface area contributed by atoms with E-state index < -0.39 is 24.4 Å². The number of carbonyl (C=O) groups excluding carboxylic acids is 1. The number of ether oxygens (including phenoxy) is 3. The fourth-order valence-corrected chi connectivity index (χ4v) is 7.29. The summed E-state index contributed by atoms with van der Waals surface area (Å²) >= 11 is 0. The molecule has 8 nitrogen and oxygen atoms in total. The van der Waals surface area contributed by atoms with Crippen LogP contribution in [0.3, 0.4) is 0 Å². The van der Waals surface area contributed by atoms with Crippen molar-refractivity contribution in [3.63, 3.8) is 0 Å². The second-order valence-electron chi connectivity index (χ2n) is 14.2. The van der Waals surface area contributed by atoms with E-state index in [1.54, 1.807) is 6.08 Å². The van der Waals surface area contributed by atoms with E-state index in [1.807, 2.05) is 6.92 Å². The molecule has 0 amide bonds. The van der Waals surface area contributed by atoms with Crippen LogP contribution in [-0.4, -0.2) is 81.3 Å². The van der Waals surface area contributed by atoms with Gasteiger partial charge in [-0.1, -0.05) is 90.4 Å². The van der Waals surface area contributed by atoms with Crippen LogP contribution in [0.5, 0.6) is 0 Å². The van der Waals surface area contributed by atoms with Gasteiger partial charge in [0.1, 0.15) is 6.10 Å². The van der Waals surface area contributed by atoms with Crippen LogP contribution in [0.2, 0.25) is 0 Å². The molecule has 2 fully saturated rings. The Labute approximate surface area is 273 Å². The molecule has 3 aliphatic rings. The molecule has 0 aromatic carbocycles. The van der Waals surface area contributed by atoms with Gasteiger partial charge in [-0.2, -0.15) is 0 Å². The molecule has 0 aliphatic carbocycles.